The Balaban J connectivity index is 2.13. The number of hydrogen-bond acceptors (Lipinski definition) is 3. The minimum absolute atomic E-state index is 0.0320. The standard InChI is InChI=1S/C16H19FN2OS/c1-10-8-13(14(9-10)16(20)19-7-6-18)15(21)11-2-4-12(17)5-3-11/h2-5,10,13-15,21H,7-9H2,1H3,(H,19,20). The molecule has 4 atom stereocenters. The number of nitrogens with zero attached hydrogens (tertiary/aromatic N) is 1. The summed E-state index contributed by atoms with van der Waals surface area (Å²) in [7, 11) is 0. The first-order valence-electron chi connectivity index (χ1n) is 7.11. The third kappa shape index (κ3) is 3.76. The molecule has 1 saturated carbocycles. The van der Waals surface area contributed by atoms with Gasteiger partial charge in [0.05, 0.1) is 6.07 Å². The maximum Gasteiger partial charge on any atom is 0.224 e. The molecule has 112 valence electrons. The molecule has 1 N–H and O–H groups in total. The fourth-order valence-electron chi connectivity index (χ4n) is 3.15. The van der Waals surface area contributed by atoms with Crippen molar-refractivity contribution in [3.8, 4) is 6.07 Å². The fraction of sp³-hybridized carbons (Fsp3) is 0.500. The van der Waals surface area contributed by atoms with Gasteiger partial charge in [-0.25, -0.2) is 4.39 Å². The Bertz CT molecular complexity index is 540. The summed E-state index contributed by atoms with van der Waals surface area (Å²) in [5.74, 6) is 0.0609. The van der Waals surface area contributed by atoms with E-state index in [1.54, 1.807) is 12.1 Å². The predicted octanol–water partition coefficient (Wildman–Crippen LogP) is 3.10. The topological polar surface area (TPSA) is 52.9 Å². The first kappa shape index (κ1) is 15.8. The minimum atomic E-state index is -0.276. The van der Waals surface area contributed by atoms with Crippen molar-refractivity contribution in [1.82, 2.24) is 5.32 Å². The van der Waals surface area contributed by atoms with Gasteiger partial charge in [-0.3, -0.25) is 4.79 Å². The molecule has 1 aliphatic carbocycles. The van der Waals surface area contributed by atoms with E-state index in [2.05, 4.69) is 24.9 Å². The quantitative estimate of drug-likeness (QED) is 0.663. The van der Waals surface area contributed by atoms with Crippen LogP contribution in [0.25, 0.3) is 0 Å². The first-order valence-corrected chi connectivity index (χ1v) is 7.62. The van der Waals surface area contributed by atoms with E-state index in [4.69, 9.17) is 5.26 Å². The van der Waals surface area contributed by atoms with Gasteiger partial charge < -0.3 is 5.32 Å². The van der Waals surface area contributed by atoms with E-state index in [1.165, 1.54) is 12.1 Å². The van der Waals surface area contributed by atoms with Crippen LogP contribution in [-0.2, 0) is 4.79 Å². The Morgan fingerprint density at radius 3 is 2.76 bits per heavy atom. The molecule has 2 rings (SSSR count). The van der Waals surface area contributed by atoms with E-state index in [1.807, 2.05) is 6.07 Å². The number of halogens is 1. The molecule has 0 radical (unpaired) electrons. The fourth-order valence-corrected chi connectivity index (χ4v) is 3.65. The van der Waals surface area contributed by atoms with Crippen LogP contribution < -0.4 is 5.32 Å². The van der Waals surface area contributed by atoms with E-state index in [9.17, 15) is 9.18 Å². The Hall–Kier alpha value is -1.54. The second-order valence-corrected chi connectivity index (χ2v) is 6.28. The van der Waals surface area contributed by atoms with E-state index >= 15 is 0 Å². The van der Waals surface area contributed by atoms with Crippen LogP contribution in [0.4, 0.5) is 4.39 Å². The molecule has 0 aliphatic heterocycles. The van der Waals surface area contributed by atoms with Crippen molar-refractivity contribution in [2.45, 2.75) is 25.0 Å². The molecule has 1 aliphatic rings. The SMILES string of the molecule is CC1CC(C(=O)NCC#N)C(C(S)c2ccc(F)cc2)C1. The zero-order chi connectivity index (χ0) is 15.4. The van der Waals surface area contributed by atoms with Crippen molar-refractivity contribution >= 4 is 18.5 Å². The number of nitriles is 1. The summed E-state index contributed by atoms with van der Waals surface area (Å²) in [5, 5.41) is 11.1. The molecule has 1 aromatic carbocycles. The highest BCUT2D eigenvalue weighted by Crippen LogP contribution is 2.46. The van der Waals surface area contributed by atoms with Crippen molar-refractivity contribution in [1.29, 1.82) is 5.26 Å². The number of carbonyl (C=O) groups is 1. The number of thiol groups is 1. The largest absolute Gasteiger partial charge is 0.343 e. The molecule has 1 amide bonds. The Morgan fingerprint density at radius 1 is 1.48 bits per heavy atom. The summed E-state index contributed by atoms with van der Waals surface area (Å²) >= 11 is 4.67. The molecule has 0 aromatic heterocycles. The molecule has 4 unspecified atom stereocenters. The molecular formula is C16H19FN2OS. The van der Waals surface area contributed by atoms with Crippen LogP contribution in [0, 0.1) is 34.9 Å². The summed E-state index contributed by atoms with van der Waals surface area (Å²) < 4.78 is 13.0. The van der Waals surface area contributed by atoms with Crippen molar-refractivity contribution in [2.75, 3.05) is 6.54 Å². The summed E-state index contributed by atoms with van der Waals surface area (Å²) in [6, 6.07) is 8.20. The lowest BCUT2D eigenvalue weighted by molar-refractivity contribution is -0.125. The average Bonchev–Trinajstić information content (AvgIpc) is 2.87. The molecule has 0 heterocycles. The van der Waals surface area contributed by atoms with Gasteiger partial charge in [0.1, 0.15) is 12.4 Å². The molecular weight excluding hydrogens is 287 g/mol. The summed E-state index contributed by atoms with van der Waals surface area (Å²) in [6.07, 6.45) is 1.72. The third-order valence-corrected chi connectivity index (χ3v) is 4.82. The van der Waals surface area contributed by atoms with Crippen LogP contribution in [-0.4, -0.2) is 12.5 Å². The molecule has 1 aromatic rings. The molecule has 0 saturated heterocycles. The van der Waals surface area contributed by atoms with Gasteiger partial charge in [0.15, 0.2) is 0 Å². The van der Waals surface area contributed by atoms with E-state index < -0.39 is 0 Å². The third-order valence-electron chi connectivity index (χ3n) is 4.14. The molecule has 21 heavy (non-hydrogen) atoms. The monoisotopic (exact) mass is 306 g/mol. The van der Waals surface area contributed by atoms with Crippen LogP contribution in [0.1, 0.15) is 30.6 Å². The van der Waals surface area contributed by atoms with Gasteiger partial charge in [-0.2, -0.15) is 17.9 Å². The number of nitrogens with one attached hydrogen (secondary N) is 1. The number of carbonyl (C=O) groups excluding carboxylic acids is 1. The van der Waals surface area contributed by atoms with Crippen molar-refractivity contribution in [2.24, 2.45) is 17.8 Å². The maximum atomic E-state index is 13.0. The molecule has 3 nitrogen and oxygen atoms in total. The Morgan fingerprint density at radius 2 is 2.14 bits per heavy atom. The van der Waals surface area contributed by atoms with Gasteiger partial charge in [0.2, 0.25) is 5.91 Å². The lowest BCUT2D eigenvalue weighted by Crippen LogP contribution is -2.34. The van der Waals surface area contributed by atoms with Gasteiger partial charge in [-0.1, -0.05) is 19.1 Å². The van der Waals surface area contributed by atoms with E-state index in [0.717, 1.165) is 18.4 Å². The maximum absolute atomic E-state index is 13.0. The van der Waals surface area contributed by atoms with Crippen LogP contribution in [0.15, 0.2) is 24.3 Å². The molecule has 0 bridgehead atoms. The number of amides is 1. The average molecular weight is 306 g/mol. The zero-order valence-electron chi connectivity index (χ0n) is 11.9. The lowest BCUT2D eigenvalue weighted by atomic mass is 9.88. The van der Waals surface area contributed by atoms with Crippen molar-refractivity contribution in [3.05, 3.63) is 35.6 Å². The number of hydrogen-bond donors (Lipinski definition) is 2. The number of benzene rings is 1. The second-order valence-electron chi connectivity index (χ2n) is 5.72. The van der Waals surface area contributed by atoms with Crippen LogP contribution in [0.3, 0.4) is 0 Å². The van der Waals surface area contributed by atoms with Gasteiger partial charge >= 0.3 is 0 Å². The van der Waals surface area contributed by atoms with Crippen LogP contribution >= 0.6 is 12.6 Å². The second kappa shape index (κ2) is 6.95. The lowest BCUT2D eigenvalue weighted by Gasteiger charge is -2.24. The van der Waals surface area contributed by atoms with Gasteiger partial charge in [-0.05, 0) is 42.4 Å². The normalized spacial score (nSPS) is 26.1. The smallest absolute Gasteiger partial charge is 0.224 e. The highest BCUT2D eigenvalue weighted by atomic mass is 32.1. The minimum Gasteiger partial charge on any atom is -0.343 e. The molecule has 5 heteroatoms. The summed E-state index contributed by atoms with van der Waals surface area (Å²) in [6.45, 7) is 2.15. The van der Waals surface area contributed by atoms with Crippen molar-refractivity contribution < 1.29 is 9.18 Å². The highest BCUT2D eigenvalue weighted by molar-refractivity contribution is 7.80. The first-order chi connectivity index (χ1) is 10.0. The zero-order valence-corrected chi connectivity index (χ0v) is 12.8. The van der Waals surface area contributed by atoms with Crippen molar-refractivity contribution in [3.63, 3.8) is 0 Å². The highest BCUT2D eigenvalue weighted by Gasteiger charge is 2.40. The van der Waals surface area contributed by atoms with Gasteiger partial charge in [0, 0.05) is 11.2 Å². The van der Waals surface area contributed by atoms with E-state index in [0.29, 0.717) is 5.92 Å². The van der Waals surface area contributed by atoms with Gasteiger partial charge in [-0.15, -0.1) is 0 Å². The van der Waals surface area contributed by atoms with Crippen LogP contribution in [0.2, 0.25) is 0 Å². The van der Waals surface area contributed by atoms with E-state index in [-0.39, 0.29) is 35.4 Å². The Kier molecular flexibility index (Phi) is 5.24. The molecule has 1 fully saturated rings. The molecule has 0 spiro atoms. The van der Waals surface area contributed by atoms with Crippen LogP contribution in [0.5, 0.6) is 0 Å². The summed E-state index contributed by atoms with van der Waals surface area (Å²) in [5.41, 5.74) is 0.928. The number of rotatable bonds is 4. The Labute approximate surface area is 129 Å². The predicted molar refractivity (Wildman–Crippen MR) is 82.1 cm³/mol. The van der Waals surface area contributed by atoms with Gasteiger partial charge in [0.25, 0.3) is 0 Å². The summed E-state index contributed by atoms with van der Waals surface area (Å²) in [4.78, 5) is 12.2.